The molecule has 1 aromatic carbocycles. The third-order valence-corrected chi connectivity index (χ3v) is 6.36. The van der Waals surface area contributed by atoms with E-state index in [4.69, 9.17) is 11.6 Å². The third kappa shape index (κ3) is 3.99. The van der Waals surface area contributed by atoms with Gasteiger partial charge in [-0.25, -0.2) is 8.42 Å². The van der Waals surface area contributed by atoms with E-state index in [0.717, 1.165) is 4.47 Å². The molecule has 9 heteroatoms. The second-order valence-electron chi connectivity index (χ2n) is 4.93. The maximum Gasteiger partial charge on any atom is 0.244 e. The Kier molecular flexibility index (Phi) is 5.84. The molecule has 22 heavy (non-hydrogen) atoms. The average molecular weight is 411 g/mol. The van der Waals surface area contributed by atoms with Gasteiger partial charge in [0.2, 0.25) is 15.9 Å². The zero-order chi connectivity index (χ0) is 16.3. The third-order valence-electron chi connectivity index (χ3n) is 3.49. The fourth-order valence-corrected chi connectivity index (χ4v) is 4.67. The van der Waals surface area contributed by atoms with Crippen molar-refractivity contribution in [1.82, 2.24) is 14.5 Å². The summed E-state index contributed by atoms with van der Waals surface area (Å²) in [6.07, 6.45) is 0. The first kappa shape index (κ1) is 17.7. The van der Waals surface area contributed by atoms with Gasteiger partial charge in [-0.05, 0) is 18.2 Å². The summed E-state index contributed by atoms with van der Waals surface area (Å²) in [5.74, 6) is -0.0766. The summed E-state index contributed by atoms with van der Waals surface area (Å²) in [6.45, 7) is 1.99. The second-order valence-corrected chi connectivity index (χ2v) is 8.16. The average Bonchev–Trinajstić information content (AvgIpc) is 2.47. The Labute approximate surface area is 143 Å². The molecule has 1 saturated heterocycles. The summed E-state index contributed by atoms with van der Waals surface area (Å²) in [5, 5.41) is 2.75. The highest BCUT2D eigenvalue weighted by Gasteiger charge is 2.30. The lowest BCUT2D eigenvalue weighted by Gasteiger charge is -2.33. The van der Waals surface area contributed by atoms with E-state index >= 15 is 0 Å². The van der Waals surface area contributed by atoms with E-state index in [-0.39, 0.29) is 22.4 Å². The van der Waals surface area contributed by atoms with E-state index < -0.39 is 10.0 Å². The van der Waals surface area contributed by atoms with Crippen LogP contribution in [0.2, 0.25) is 5.02 Å². The smallest absolute Gasteiger partial charge is 0.244 e. The topological polar surface area (TPSA) is 69.7 Å². The molecular formula is C13H17BrClN3O3S. The van der Waals surface area contributed by atoms with Crippen molar-refractivity contribution >= 4 is 43.5 Å². The summed E-state index contributed by atoms with van der Waals surface area (Å²) in [4.78, 5) is 13.4. The molecule has 0 saturated carbocycles. The molecule has 2 rings (SSSR count). The van der Waals surface area contributed by atoms with E-state index in [1.165, 1.54) is 10.4 Å². The first-order valence-corrected chi connectivity index (χ1v) is 9.34. The first-order valence-electron chi connectivity index (χ1n) is 6.72. The van der Waals surface area contributed by atoms with Gasteiger partial charge in [0, 0.05) is 37.7 Å². The number of hydrogen-bond donors (Lipinski definition) is 1. The molecular weight excluding hydrogens is 394 g/mol. The molecule has 6 nitrogen and oxygen atoms in total. The van der Waals surface area contributed by atoms with Crippen LogP contribution >= 0.6 is 27.5 Å². The van der Waals surface area contributed by atoms with Crippen LogP contribution in [0.5, 0.6) is 0 Å². The summed E-state index contributed by atoms with van der Waals surface area (Å²) >= 11 is 9.31. The van der Waals surface area contributed by atoms with Crippen molar-refractivity contribution in [3.8, 4) is 0 Å². The summed E-state index contributed by atoms with van der Waals surface area (Å²) in [7, 11) is -2.03. The van der Waals surface area contributed by atoms with Gasteiger partial charge < -0.3 is 5.32 Å². The predicted octanol–water partition coefficient (Wildman–Crippen LogP) is 1.15. The van der Waals surface area contributed by atoms with E-state index in [1.807, 2.05) is 4.90 Å². The van der Waals surface area contributed by atoms with Crippen molar-refractivity contribution < 1.29 is 13.2 Å². The molecule has 1 fully saturated rings. The maximum absolute atomic E-state index is 12.6. The fourth-order valence-electron chi connectivity index (χ4n) is 2.23. The molecule has 0 spiro atoms. The summed E-state index contributed by atoms with van der Waals surface area (Å²) in [5.41, 5.74) is 0. The largest absolute Gasteiger partial charge is 0.358 e. The van der Waals surface area contributed by atoms with Crippen molar-refractivity contribution in [3.05, 3.63) is 27.7 Å². The van der Waals surface area contributed by atoms with Gasteiger partial charge in [0.1, 0.15) is 4.90 Å². The lowest BCUT2D eigenvalue weighted by Crippen LogP contribution is -2.50. The quantitative estimate of drug-likeness (QED) is 0.808. The number of carbonyl (C=O) groups is 1. The second kappa shape index (κ2) is 7.27. The highest BCUT2D eigenvalue weighted by molar-refractivity contribution is 9.10. The van der Waals surface area contributed by atoms with Gasteiger partial charge in [-0.1, -0.05) is 27.5 Å². The zero-order valence-electron chi connectivity index (χ0n) is 12.1. The SMILES string of the molecule is CNC(=O)CN1CCN(S(=O)(=O)c2ccc(Br)cc2Cl)CC1. The zero-order valence-corrected chi connectivity index (χ0v) is 15.2. The van der Waals surface area contributed by atoms with Gasteiger partial charge >= 0.3 is 0 Å². The van der Waals surface area contributed by atoms with Crippen LogP contribution in [0.15, 0.2) is 27.6 Å². The molecule has 0 unspecified atom stereocenters. The molecule has 122 valence electrons. The van der Waals surface area contributed by atoms with Crippen LogP contribution in [0.3, 0.4) is 0 Å². The number of hydrogen-bond acceptors (Lipinski definition) is 4. The van der Waals surface area contributed by atoms with Crippen LogP contribution in [-0.4, -0.2) is 63.3 Å². The van der Waals surface area contributed by atoms with Crippen LogP contribution in [0.4, 0.5) is 0 Å². The molecule has 0 bridgehead atoms. The molecule has 0 radical (unpaired) electrons. The van der Waals surface area contributed by atoms with E-state index in [2.05, 4.69) is 21.2 Å². The molecule has 1 amide bonds. The lowest BCUT2D eigenvalue weighted by molar-refractivity contribution is -0.122. The van der Waals surface area contributed by atoms with Gasteiger partial charge in [-0.15, -0.1) is 0 Å². The Morgan fingerprint density at radius 2 is 1.95 bits per heavy atom. The summed E-state index contributed by atoms with van der Waals surface area (Å²) in [6, 6.07) is 4.72. The highest BCUT2D eigenvalue weighted by Crippen LogP contribution is 2.28. The highest BCUT2D eigenvalue weighted by atomic mass is 79.9. The van der Waals surface area contributed by atoms with Gasteiger partial charge in [-0.3, -0.25) is 9.69 Å². The Balaban J connectivity index is 2.08. The molecule has 1 aromatic rings. The van der Waals surface area contributed by atoms with Crippen LogP contribution < -0.4 is 5.32 Å². The van der Waals surface area contributed by atoms with Gasteiger partial charge in [-0.2, -0.15) is 4.31 Å². The van der Waals surface area contributed by atoms with Crippen molar-refractivity contribution in [2.45, 2.75) is 4.90 Å². The van der Waals surface area contributed by atoms with Crippen molar-refractivity contribution in [2.75, 3.05) is 39.8 Å². The Hall–Kier alpha value is -0.670. The molecule has 1 N–H and O–H groups in total. The van der Waals surface area contributed by atoms with Crippen LogP contribution in [0.1, 0.15) is 0 Å². The minimum absolute atomic E-state index is 0.0766. The molecule has 1 aliphatic heterocycles. The number of benzene rings is 1. The lowest BCUT2D eigenvalue weighted by atomic mass is 10.3. The Morgan fingerprint density at radius 1 is 1.32 bits per heavy atom. The molecule has 0 aromatic heterocycles. The monoisotopic (exact) mass is 409 g/mol. The Morgan fingerprint density at radius 3 is 2.50 bits per heavy atom. The number of rotatable bonds is 4. The van der Waals surface area contributed by atoms with Crippen LogP contribution in [0.25, 0.3) is 0 Å². The molecule has 1 aliphatic rings. The Bertz CT molecular complexity index is 660. The minimum atomic E-state index is -3.61. The van der Waals surface area contributed by atoms with Gasteiger partial charge in [0.05, 0.1) is 11.6 Å². The number of carbonyl (C=O) groups excluding carboxylic acids is 1. The summed E-state index contributed by atoms with van der Waals surface area (Å²) < 4.78 is 27.4. The standard InChI is InChI=1S/C13H17BrClN3O3S/c1-16-13(19)9-17-4-6-18(7-5-17)22(20,21)12-3-2-10(14)8-11(12)15/h2-3,8H,4-7,9H2,1H3,(H,16,19). The van der Waals surface area contributed by atoms with Crippen LogP contribution in [0, 0.1) is 0 Å². The number of piperazine rings is 1. The number of halogens is 2. The predicted molar refractivity (Wildman–Crippen MR) is 88.4 cm³/mol. The minimum Gasteiger partial charge on any atom is -0.358 e. The molecule has 0 atom stereocenters. The van der Waals surface area contributed by atoms with Crippen molar-refractivity contribution in [2.24, 2.45) is 0 Å². The van der Waals surface area contributed by atoms with E-state index in [0.29, 0.717) is 26.2 Å². The number of nitrogens with one attached hydrogen (secondary N) is 1. The number of sulfonamides is 1. The van der Waals surface area contributed by atoms with Crippen LogP contribution in [-0.2, 0) is 14.8 Å². The van der Waals surface area contributed by atoms with Crippen molar-refractivity contribution in [3.63, 3.8) is 0 Å². The first-order chi connectivity index (χ1) is 10.3. The number of amides is 1. The van der Waals surface area contributed by atoms with Gasteiger partial charge in [0.25, 0.3) is 0 Å². The van der Waals surface area contributed by atoms with E-state index in [9.17, 15) is 13.2 Å². The number of likely N-dealkylation sites (N-methyl/N-ethyl adjacent to an activating group) is 1. The number of nitrogens with zero attached hydrogens (tertiary/aromatic N) is 2. The normalized spacial score (nSPS) is 17.4. The van der Waals surface area contributed by atoms with Gasteiger partial charge in [0.15, 0.2) is 0 Å². The molecule has 1 heterocycles. The van der Waals surface area contributed by atoms with Crippen molar-refractivity contribution in [1.29, 1.82) is 0 Å². The fraction of sp³-hybridized carbons (Fsp3) is 0.462. The van der Waals surface area contributed by atoms with E-state index in [1.54, 1.807) is 19.2 Å². The molecule has 0 aliphatic carbocycles. The maximum atomic E-state index is 12.6.